The van der Waals surface area contributed by atoms with E-state index >= 15 is 0 Å². The fraction of sp³-hybridized carbons (Fsp3) is 0. The fourth-order valence-corrected chi connectivity index (χ4v) is 1.49. The van der Waals surface area contributed by atoms with Crippen LogP contribution in [0.25, 0.3) is 0 Å². The van der Waals surface area contributed by atoms with Gasteiger partial charge in [-0.25, -0.2) is 5.84 Å². The fourth-order valence-electron chi connectivity index (χ4n) is 0.992. The zero-order valence-corrected chi connectivity index (χ0v) is 8.94. The molecule has 0 aliphatic rings. The molecule has 4 N–H and O–H groups in total. The van der Waals surface area contributed by atoms with Crippen molar-refractivity contribution in [2.75, 3.05) is 5.01 Å². The molecule has 1 aromatic carbocycles. The highest BCUT2D eigenvalue weighted by Crippen LogP contribution is 2.20. The van der Waals surface area contributed by atoms with Crippen LogP contribution in [-0.2, 0) is 0 Å². The number of hydrogen-bond acceptors (Lipinski definition) is 4. The Morgan fingerprint density at radius 1 is 1.36 bits per heavy atom. The van der Waals surface area contributed by atoms with Gasteiger partial charge in [-0.15, -0.1) is 0 Å². The standard InChI is InChI=1S/C9H10BrN3O/c10-8-3-7(6-14)4-9(5-8)13(12)2-1-11/h1-6H,11-12H2/b2-1-. The molecule has 0 atom stereocenters. The minimum atomic E-state index is 0.551. The van der Waals surface area contributed by atoms with E-state index in [2.05, 4.69) is 15.9 Å². The summed E-state index contributed by atoms with van der Waals surface area (Å²) in [6, 6.07) is 5.15. The van der Waals surface area contributed by atoms with Crippen molar-refractivity contribution in [3.05, 3.63) is 40.6 Å². The molecule has 0 spiro atoms. The van der Waals surface area contributed by atoms with Crippen LogP contribution in [0.3, 0.4) is 0 Å². The van der Waals surface area contributed by atoms with Crippen molar-refractivity contribution in [3.8, 4) is 0 Å². The summed E-state index contributed by atoms with van der Waals surface area (Å²) in [4.78, 5) is 10.6. The Hall–Kier alpha value is -1.33. The molecule has 5 heteroatoms. The number of benzene rings is 1. The molecule has 0 aromatic heterocycles. The van der Waals surface area contributed by atoms with Crippen molar-refractivity contribution >= 4 is 27.9 Å². The summed E-state index contributed by atoms with van der Waals surface area (Å²) in [5, 5.41) is 1.33. The molecule has 0 saturated carbocycles. The molecular formula is C9H10BrN3O. The van der Waals surface area contributed by atoms with Gasteiger partial charge in [-0.2, -0.15) is 0 Å². The summed E-state index contributed by atoms with van der Waals surface area (Å²) in [6.45, 7) is 0. The number of anilines is 1. The van der Waals surface area contributed by atoms with Crippen LogP contribution in [0.5, 0.6) is 0 Å². The van der Waals surface area contributed by atoms with E-state index < -0.39 is 0 Å². The van der Waals surface area contributed by atoms with Crippen LogP contribution in [0, 0.1) is 0 Å². The van der Waals surface area contributed by atoms with E-state index in [4.69, 9.17) is 11.6 Å². The number of nitrogens with two attached hydrogens (primary N) is 2. The zero-order chi connectivity index (χ0) is 10.6. The maximum atomic E-state index is 10.6. The Kier molecular flexibility index (Phi) is 3.67. The largest absolute Gasteiger partial charge is 0.403 e. The lowest BCUT2D eigenvalue weighted by atomic mass is 10.2. The van der Waals surface area contributed by atoms with E-state index in [1.54, 1.807) is 18.2 Å². The Bertz CT molecular complexity index is 365. The van der Waals surface area contributed by atoms with Gasteiger partial charge in [0.2, 0.25) is 0 Å². The van der Waals surface area contributed by atoms with Crippen LogP contribution in [0.1, 0.15) is 10.4 Å². The Balaban J connectivity index is 3.08. The average molecular weight is 256 g/mol. The number of carbonyl (C=O) groups excluding carboxylic acids is 1. The van der Waals surface area contributed by atoms with Gasteiger partial charge in [0.05, 0.1) is 5.69 Å². The molecule has 4 nitrogen and oxygen atoms in total. The second kappa shape index (κ2) is 4.78. The SMILES string of the molecule is N/C=C\N(N)c1cc(Br)cc(C=O)c1. The quantitative estimate of drug-likeness (QED) is 0.486. The molecule has 0 bridgehead atoms. The highest BCUT2D eigenvalue weighted by atomic mass is 79.9. The molecule has 74 valence electrons. The topological polar surface area (TPSA) is 72.3 Å². The third kappa shape index (κ3) is 2.58. The number of halogens is 1. The minimum Gasteiger partial charge on any atom is -0.403 e. The van der Waals surface area contributed by atoms with Crippen molar-refractivity contribution < 1.29 is 4.79 Å². The number of hydrogen-bond donors (Lipinski definition) is 2. The van der Waals surface area contributed by atoms with Gasteiger partial charge in [-0.05, 0) is 18.2 Å². The van der Waals surface area contributed by atoms with Crippen molar-refractivity contribution in [3.63, 3.8) is 0 Å². The molecule has 14 heavy (non-hydrogen) atoms. The van der Waals surface area contributed by atoms with Crippen molar-refractivity contribution in [1.82, 2.24) is 0 Å². The molecule has 1 aromatic rings. The third-order valence-corrected chi connectivity index (χ3v) is 2.04. The van der Waals surface area contributed by atoms with Gasteiger partial charge in [-0.3, -0.25) is 9.80 Å². The summed E-state index contributed by atoms with van der Waals surface area (Å²) in [5.74, 6) is 5.63. The van der Waals surface area contributed by atoms with Gasteiger partial charge in [0.1, 0.15) is 6.29 Å². The van der Waals surface area contributed by atoms with Gasteiger partial charge in [0, 0.05) is 22.4 Å². The summed E-state index contributed by atoms with van der Waals surface area (Å²) in [6.07, 6.45) is 3.58. The second-order valence-corrected chi connectivity index (χ2v) is 3.53. The summed E-state index contributed by atoms with van der Waals surface area (Å²) >= 11 is 3.28. The van der Waals surface area contributed by atoms with Crippen molar-refractivity contribution in [2.24, 2.45) is 11.6 Å². The molecule has 0 aliphatic carbocycles. The van der Waals surface area contributed by atoms with Crippen molar-refractivity contribution in [1.29, 1.82) is 0 Å². The highest BCUT2D eigenvalue weighted by Gasteiger charge is 2.01. The Morgan fingerprint density at radius 3 is 2.64 bits per heavy atom. The first-order valence-electron chi connectivity index (χ1n) is 3.85. The van der Waals surface area contributed by atoms with Gasteiger partial charge < -0.3 is 5.73 Å². The molecule has 0 heterocycles. The maximum absolute atomic E-state index is 10.6. The highest BCUT2D eigenvalue weighted by molar-refractivity contribution is 9.10. The molecule has 0 fully saturated rings. The van der Waals surface area contributed by atoms with E-state index in [1.165, 1.54) is 17.4 Å². The number of rotatable bonds is 3. The molecule has 0 saturated heterocycles. The Morgan fingerprint density at radius 2 is 2.07 bits per heavy atom. The molecule has 0 amide bonds. The summed E-state index contributed by atoms with van der Waals surface area (Å²) in [5.41, 5.74) is 6.43. The molecular weight excluding hydrogens is 246 g/mol. The average Bonchev–Trinajstić information content (AvgIpc) is 2.17. The van der Waals surface area contributed by atoms with Crippen LogP contribution in [0.2, 0.25) is 0 Å². The number of carbonyl (C=O) groups is 1. The monoisotopic (exact) mass is 255 g/mol. The molecule has 0 unspecified atom stereocenters. The smallest absolute Gasteiger partial charge is 0.150 e. The Labute approximate surface area is 90.3 Å². The number of aldehydes is 1. The number of nitrogens with zero attached hydrogens (tertiary/aromatic N) is 1. The van der Waals surface area contributed by atoms with E-state index in [-0.39, 0.29) is 0 Å². The number of hydrazine groups is 1. The zero-order valence-electron chi connectivity index (χ0n) is 7.35. The predicted octanol–water partition coefficient (Wildman–Crippen LogP) is 1.37. The van der Waals surface area contributed by atoms with Crippen molar-refractivity contribution in [2.45, 2.75) is 0 Å². The molecule has 0 aliphatic heterocycles. The summed E-state index contributed by atoms with van der Waals surface area (Å²) in [7, 11) is 0. The second-order valence-electron chi connectivity index (χ2n) is 2.61. The first kappa shape index (κ1) is 10.7. The lowest BCUT2D eigenvalue weighted by molar-refractivity contribution is 0.112. The van der Waals surface area contributed by atoms with Crippen LogP contribution < -0.4 is 16.6 Å². The van der Waals surface area contributed by atoms with Crippen LogP contribution in [0.15, 0.2) is 35.1 Å². The van der Waals surface area contributed by atoms with Gasteiger partial charge in [0.15, 0.2) is 0 Å². The van der Waals surface area contributed by atoms with E-state index in [9.17, 15) is 4.79 Å². The molecule has 1 rings (SSSR count). The van der Waals surface area contributed by atoms with Gasteiger partial charge in [-0.1, -0.05) is 15.9 Å². The predicted molar refractivity (Wildman–Crippen MR) is 59.5 cm³/mol. The van der Waals surface area contributed by atoms with Gasteiger partial charge >= 0.3 is 0 Å². The van der Waals surface area contributed by atoms with Crippen LogP contribution in [-0.4, -0.2) is 6.29 Å². The maximum Gasteiger partial charge on any atom is 0.150 e. The first-order chi connectivity index (χ1) is 6.67. The van der Waals surface area contributed by atoms with E-state index in [0.717, 1.165) is 10.8 Å². The molecule has 0 radical (unpaired) electrons. The van der Waals surface area contributed by atoms with Crippen LogP contribution >= 0.6 is 15.9 Å². The summed E-state index contributed by atoms with van der Waals surface area (Å²) < 4.78 is 0.790. The first-order valence-corrected chi connectivity index (χ1v) is 4.65. The third-order valence-electron chi connectivity index (χ3n) is 1.59. The van der Waals surface area contributed by atoms with Gasteiger partial charge in [0.25, 0.3) is 0 Å². The minimum absolute atomic E-state index is 0.551. The lowest BCUT2D eigenvalue weighted by Gasteiger charge is -2.13. The van der Waals surface area contributed by atoms with E-state index in [0.29, 0.717) is 11.3 Å². The normalized spacial score (nSPS) is 10.4. The van der Waals surface area contributed by atoms with Crippen LogP contribution in [0.4, 0.5) is 5.69 Å². The lowest BCUT2D eigenvalue weighted by Crippen LogP contribution is -2.24. The van der Waals surface area contributed by atoms with E-state index in [1.807, 2.05) is 0 Å².